The lowest BCUT2D eigenvalue weighted by Gasteiger charge is -2.34. The summed E-state index contributed by atoms with van der Waals surface area (Å²) in [5.74, 6) is -0.783. The van der Waals surface area contributed by atoms with Gasteiger partial charge in [-0.2, -0.15) is 11.3 Å². The van der Waals surface area contributed by atoms with Crippen LogP contribution in [0, 0.1) is 10.1 Å². The highest BCUT2D eigenvalue weighted by molar-refractivity contribution is 7.08. The highest BCUT2D eigenvalue weighted by atomic mass is 32.1. The second-order valence-corrected chi connectivity index (χ2v) is 6.85. The number of piperidine rings is 1. The Balaban J connectivity index is 1.67. The van der Waals surface area contributed by atoms with Gasteiger partial charge in [-0.15, -0.1) is 0 Å². The summed E-state index contributed by atoms with van der Waals surface area (Å²) in [6.07, 6.45) is 1.43. The van der Waals surface area contributed by atoms with Crippen molar-refractivity contribution in [3.63, 3.8) is 0 Å². The molecule has 0 bridgehead atoms. The Hall–Kier alpha value is -2.94. The van der Waals surface area contributed by atoms with Gasteiger partial charge in [0.2, 0.25) is 0 Å². The predicted molar refractivity (Wildman–Crippen MR) is 98.6 cm³/mol. The number of carbonyl (C=O) groups is 2. The number of nitro benzene ring substituents is 1. The third-order valence-electron chi connectivity index (χ3n) is 4.41. The number of nitrogens with two attached hydrogens (primary N) is 1. The van der Waals surface area contributed by atoms with E-state index in [9.17, 15) is 19.7 Å². The normalized spacial score (nSPS) is 14.8. The summed E-state index contributed by atoms with van der Waals surface area (Å²) < 4.78 is 0. The van der Waals surface area contributed by atoms with Crippen molar-refractivity contribution in [2.24, 2.45) is 5.73 Å². The van der Waals surface area contributed by atoms with Gasteiger partial charge in [-0.25, -0.2) is 0 Å². The minimum Gasteiger partial charge on any atom is -0.371 e. The first-order valence-electron chi connectivity index (χ1n) is 8.12. The van der Waals surface area contributed by atoms with E-state index in [4.69, 9.17) is 5.73 Å². The number of nitrogens with zero attached hydrogens (tertiary/aromatic N) is 2. The number of amides is 2. The Labute approximate surface area is 153 Å². The molecule has 1 aliphatic rings. The number of thiophene rings is 1. The van der Waals surface area contributed by atoms with Crippen molar-refractivity contribution < 1.29 is 14.5 Å². The molecule has 1 aromatic carbocycles. The van der Waals surface area contributed by atoms with Gasteiger partial charge in [0.15, 0.2) is 0 Å². The first-order chi connectivity index (χ1) is 12.5. The van der Waals surface area contributed by atoms with Crippen LogP contribution in [-0.2, 0) is 0 Å². The number of nitrogens with one attached hydrogen (secondary N) is 1. The number of primary amides is 1. The van der Waals surface area contributed by atoms with Gasteiger partial charge in [-0.05, 0) is 30.4 Å². The fourth-order valence-electron chi connectivity index (χ4n) is 3.04. The van der Waals surface area contributed by atoms with E-state index < -0.39 is 10.8 Å². The van der Waals surface area contributed by atoms with E-state index in [1.807, 2.05) is 10.3 Å². The number of non-ortho nitro benzene ring substituents is 1. The van der Waals surface area contributed by atoms with Gasteiger partial charge < -0.3 is 16.0 Å². The van der Waals surface area contributed by atoms with Gasteiger partial charge >= 0.3 is 0 Å². The fraction of sp³-hybridized carbons (Fsp3) is 0.294. The molecule has 0 unspecified atom stereocenters. The molecule has 1 fully saturated rings. The average molecular weight is 374 g/mol. The van der Waals surface area contributed by atoms with Crippen molar-refractivity contribution in [1.29, 1.82) is 0 Å². The zero-order chi connectivity index (χ0) is 18.7. The van der Waals surface area contributed by atoms with E-state index in [0.29, 0.717) is 37.2 Å². The van der Waals surface area contributed by atoms with Gasteiger partial charge in [0, 0.05) is 42.2 Å². The number of benzene rings is 1. The smallest absolute Gasteiger partial charge is 0.270 e. The predicted octanol–water partition coefficient (Wildman–Crippen LogP) is 2.15. The molecule has 3 rings (SSSR count). The van der Waals surface area contributed by atoms with Crippen LogP contribution in [0.15, 0.2) is 35.0 Å². The molecule has 0 spiro atoms. The Morgan fingerprint density at radius 1 is 1.27 bits per heavy atom. The largest absolute Gasteiger partial charge is 0.371 e. The van der Waals surface area contributed by atoms with E-state index in [2.05, 4.69) is 5.32 Å². The fourth-order valence-corrected chi connectivity index (χ4v) is 3.67. The molecule has 2 heterocycles. The van der Waals surface area contributed by atoms with Crippen LogP contribution in [0.25, 0.3) is 0 Å². The Morgan fingerprint density at radius 3 is 2.58 bits per heavy atom. The van der Waals surface area contributed by atoms with Crippen molar-refractivity contribution >= 4 is 34.5 Å². The molecule has 26 heavy (non-hydrogen) atoms. The molecule has 0 saturated carbocycles. The van der Waals surface area contributed by atoms with Crippen molar-refractivity contribution in [1.82, 2.24) is 5.32 Å². The van der Waals surface area contributed by atoms with Crippen LogP contribution >= 0.6 is 11.3 Å². The molecule has 1 aromatic heterocycles. The Morgan fingerprint density at radius 2 is 2.00 bits per heavy atom. The highest BCUT2D eigenvalue weighted by Crippen LogP contribution is 2.28. The molecule has 3 N–H and O–H groups in total. The van der Waals surface area contributed by atoms with Crippen LogP contribution in [0.4, 0.5) is 11.4 Å². The molecule has 9 heteroatoms. The van der Waals surface area contributed by atoms with Gasteiger partial charge in [0.25, 0.3) is 17.5 Å². The average Bonchev–Trinajstić information content (AvgIpc) is 3.16. The van der Waals surface area contributed by atoms with Crippen LogP contribution in [0.3, 0.4) is 0 Å². The van der Waals surface area contributed by atoms with Gasteiger partial charge in [0.05, 0.1) is 16.2 Å². The minimum absolute atomic E-state index is 0.0497. The van der Waals surface area contributed by atoms with Crippen LogP contribution in [0.5, 0.6) is 0 Å². The van der Waals surface area contributed by atoms with Crippen LogP contribution < -0.4 is 16.0 Å². The third kappa shape index (κ3) is 3.83. The number of hydrogen-bond donors (Lipinski definition) is 2. The number of nitro groups is 1. The van der Waals surface area contributed by atoms with E-state index in [0.717, 1.165) is 0 Å². The zero-order valence-electron chi connectivity index (χ0n) is 13.9. The molecular formula is C17H18N4O4S. The van der Waals surface area contributed by atoms with Gasteiger partial charge in [-0.3, -0.25) is 19.7 Å². The standard InChI is InChI=1S/C17H18N4O4S/c18-16(22)14-9-13(21(24)25)1-2-15(14)20-6-3-12(4-7-20)19-17(23)11-5-8-26-10-11/h1-2,5,8-10,12H,3-4,6-7H2,(H2,18,22)(H,19,23). The van der Waals surface area contributed by atoms with Crippen molar-refractivity contribution in [2.75, 3.05) is 18.0 Å². The molecule has 1 aliphatic heterocycles. The maximum Gasteiger partial charge on any atom is 0.270 e. The zero-order valence-corrected chi connectivity index (χ0v) is 14.7. The summed E-state index contributed by atoms with van der Waals surface area (Å²) in [7, 11) is 0. The summed E-state index contributed by atoms with van der Waals surface area (Å²) in [6.45, 7) is 1.24. The van der Waals surface area contributed by atoms with E-state index in [-0.39, 0.29) is 23.2 Å². The van der Waals surface area contributed by atoms with E-state index in [1.54, 1.807) is 17.5 Å². The monoisotopic (exact) mass is 374 g/mol. The lowest BCUT2D eigenvalue weighted by Crippen LogP contribution is -2.45. The summed E-state index contributed by atoms with van der Waals surface area (Å²) in [5.41, 5.74) is 6.61. The number of hydrogen-bond acceptors (Lipinski definition) is 6. The number of carbonyl (C=O) groups excluding carboxylic acids is 2. The van der Waals surface area contributed by atoms with E-state index >= 15 is 0 Å². The number of rotatable bonds is 5. The van der Waals surface area contributed by atoms with Gasteiger partial charge in [-0.1, -0.05) is 0 Å². The molecule has 1 saturated heterocycles. The summed E-state index contributed by atoms with van der Waals surface area (Å²) >= 11 is 1.47. The molecule has 8 nitrogen and oxygen atoms in total. The van der Waals surface area contributed by atoms with E-state index in [1.165, 1.54) is 23.5 Å². The molecular weight excluding hydrogens is 356 g/mol. The first-order valence-corrected chi connectivity index (χ1v) is 9.06. The topological polar surface area (TPSA) is 119 Å². The van der Waals surface area contributed by atoms with Crippen LogP contribution in [-0.4, -0.2) is 35.9 Å². The SMILES string of the molecule is NC(=O)c1cc([N+](=O)[O-])ccc1N1CCC(NC(=O)c2ccsc2)CC1. The van der Waals surface area contributed by atoms with Gasteiger partial charge in [0.1, 0.15) is 0 Å². The minimum atomic E-state index is -0.698. The van der Waals surface area contributed by atoms with Crippen molar-refractivity contribution in [3.05, 3.63) is 56.3 Å². The highest BCUT2D eigenvalue weighted by Gasteiger charge is 2.25. The maximum atomic E-state index is 12.1. The Bertz CT molecular complexity index is 829. The molecule has 0 aliphatic carbocycles. The molecule has 2 amide bonds. The number of anilines is 1. The molecule has 0 atom stereocenters. The molecule has 136 valence electrons. The summed E-state index contributed by atoms with van der Waals surface area (Å²) in [5, 5.41) is 17.6. The second kappa shape index (κ2) is 7.52. The summed E-state index contributed by atoms with van der Waals surface area (Å²) in [6, 6.07) is 5.97. The first kappa shape index (κ1) is 17.9. The third-order valence-corrected chi connectivity index (χ3v) is 5.09. The second-order valence-electron chi connectivity index (χ2n) is 6.07. The quantitative estimate of drug-likeness (QED) is 0.614. The Kier molecular flexibility index (Phi) is 5.17. The maximum absolute atomic E-state index is 12.1. The van der Waals surface area contributed by atoms with Crippen LogP contribution in [0.1, 0.15) is 33.6 Å². The molecule has 2 aromatic rings. The van der Waals surface area contributed by atoms with Crippen molar-refractivity contribution in [3.8, 4) is 0 Å². The lowest BCUT2D eigenvalue weighted by atomic mass is 10.0. The molecule has 0 radical (unpaired) electrons. The van der Waals surface area contributed by atoms with Crippen molar-refractivity contribution in [2.45, 2.75) is 18.9 Å². The lowest BCUT2D eigenvalue weighted by molar-refractivity contribution is -0.384. The summed E-state index contributed by atoms with van der Waals surface area (Å²) in [4.78, 5) is 36.1. The van der Waals surface area contributed by atoms with Crippen LogP contribution in [0.2, 0.25) is 0 Å².